The number of aromatic nitrogens is 2. The molecule has 8 nitrogen and oxygen atoms in total. The molecule has 2 aliphatic heterocycles. The Hall–Kier alpha value is -2.11. The molecule has 0 aliphatic carbocycles. The first-order valence-electron chi connectivity index (χ1n) is 11.5. The van der Waals surface area contributed by atoms with Crippen molar-refractivity contribution < 1.29 is 13.2 Å². The third-order valence-electron chi connectivity index (χ3n) is 6.56. The summed E-state index contributed by atoms with van der Waals surface area (Å²) >= 11 is 3.36. The molecule has 2 aliphatic rings. The third kappa shape index (κ3) is 4.70. The molecule has 0 amide bonds. The molecule has 2 aromatic carbocycles. The molecular weight excluding hydrogens is 518 g/mol. The molecule has 0 spiro atoms. The molecule has 3 aromatic rings. The second kappa shape index (κ2) is 9.87. The summed E-state index contributed by atoms with van der Waals surface area (Å²) in [5.41, 5.74) is 0.928. The summed E-state index contributed by atoms with van der Waals surface area (Å²) in [5.74, 6) is 1.72. The number of anilines is 1. The van der Waals surface area contributed by atoms with Gasteiger partial charge in [-0.2, -0.15) is 4.31 Å². The molecule has 2 saturated heterocycles. The minimum Gasteiger partial charge on any atom is -0.378 e. The molecule has 180 valence electrons. The smallest absolute Gasteiger partial charge is 0.243 e. The largest absolute Gasteiger partial charge is 0.378 e. The van der Waals surface area contributed by atoms with Crippen molar-refractivity contribution in [3.05, 3.63) is 58.8 Å². The van der Waals surface area contributed by atoms with Crippen molar-refractivity contribution in [3.8, 4) is 0 Å². The van der Waals surface area contributed by atoms with E-state index in [1.165, 1.54) is 0 Å². The number of piperazine rings is 1. The van der Waals surface area contributed by atoms with Gasteiger partial charge >= 0.3 is 0 Å². The fraction of sp³-hybridized carbons (Fsp3) is 0.417. The SMILES string of the molecule is C[C@@H](c1nc(N2CCOCC2)c2ccccc2n1)N1CCN(S(=O)(=O)c2ccc(Br)cc2)CC1. The van der Waals surface area contributed by atoms with Crippen molar-refractivity contribution in [2.75, 3.05) is 57.4 Å². The number of morpholine rings is 1. The van der Waals surface area contributed by atoms with Crippen LogP contribution in [0, 0.1) is 0 Å². The predicted molar refractivity (Wildman–Crippen MR) is 135 cm³/mol. The lowest BCUT2D eigenvalue weighted by atomic mass is 10.1. The first-order chi connectivity index (χ1) is 16.4. The normalized spacial score (nSPS) is 19.4. The number of halogens is 1. The van der Waals surface area contributed by atoms with Crippen molar-refractivity contribution in [2.45, 2.75) is 17.9 Å². The van der Waals surface area contributed by atoms with Gasteiger partial charge < -0.3 is 9.64 Å². The number of ether oxygens (including phenoxy) is 1. The van der Waals surface area contributed by atoms with Gasteiger partial charge in [-0.3, -0.25) is 4.90 Å². The van der Waals surface area contributed by atoms with Crippen molar-refractivity contribution in [1.82, 2.24) is 19.2 Å². The van der Waals surface area contributed by atoms with Crippen LogP contribution in [0.2, 0.25) is 0 Å². The molecule has 0 saturated carbocycles. The highest BCUT2D eigenvalue weighted by molar-refractivity contribution is 9.10. The van der Waals surface area contributed by atoms with Gasteiger partial charge in [0, 0.05) is 49.1 Å². The van der Waals surface area contributed by atoms with E-state index in [0.29, 0.717) is 44.3 Å². The first kappa shape index (κ1) is 23.6. The average molecular weight is 546 g/mol. The van der Waals surface area contributed by atoms with Crippen LogP contribution in [-0.2, 0) is 14.8 Å². The van der Waals surface area contributed by atoms with E-state index in [-0.39, 0.29) is 6.04 Å². The summed E-state index contributed by atoms with van der Waals surface area (Å²) in [7, 11) is -3.51. The van der Waals surface area contributed by atoms with E-state index < -0.39 is 10.0 Å². The highest BCUT2D eigenvalue weighted by Gasteiger charge is 2.31. The Morgan fingerprint density at radius 1 is 0.912 bits per heavy atom. The lowest BCUT2D eigenvalue weighted by Gasteiger charge is -2.37. The van der Waals surface area contributed by atoms with Crippen LogP contribution in [0.25, 0.3) is 10.9 Å². The van der Waals surface area contributed by atoms with Crippen LogP contribution in [-0.4, -0.2) is 80.1 Å². The van der Waals surface area contributed by atoms with Crippen LogP contribution in [0.4, 0.5) is 5.82 Å². The second-order valence-electron chi connectivity index (χ2n) is 8.59. The summed E-state index contributed by atoms with van der Waals surface area (Å²) in [5, 5.41) is 1.05. The van der Waals surface area contributed by atoms with E-state index in [4.69, 9.17) is 14.7 Å². The first-order valence-corrected chi connectivity index (χ1v) is 13.8. The molecule has 5 rings (SSSR count). The Bertz CT molecular complexity index is 1260. The van der Waals surface area contributed by atoms with Crippen LogP contribution in [0.15, 0.2) is 57.9 Å². The van der Waals surface area contributed by atoms with Crippen molar-refractivity contribution >= 4 is 42.7 Å². The van der Waals surface area contributed by atoms with Gasteiger partial charge in [0.05, 0.1) is 29.7 Å². The number of para-hydroxylation sites is 1. The number of hydrogen-bond acceptors (Lipinski definition) is 7. The number of rotatable bonds is 5. The van der Waals surface area contributed by atoms with Gasteiger partial charge in [0.1, 0.15) is 11.6 Å². The molecule has 34 heavy (non-hydrogen) atoms. The van der Waals surface area contributed by atoms with E-state index in [0.717, 1.165) is 40.1 Å². The van der Waals surface area contributed by atoms with Gasteiger partial charge in [0.25, 0.3) is 0 Å². The average Bonchev–Trinajstić information content (AvgIpc) is 2.88. The van der Waals surface area contributed by atoms with Gasteiger partial charge in [0.15, 0.2) is 0 Å². The number of nitrogens with zero attached hydrogens (tertiary/aromatic N) is 5. The molecular formula is C24H28BrN5O3S. The maximum Gasteiger partial charge on any atom is 0.243 e. The van der Waals surface area contributed by atoms with E-state index in [2.05, 4.69) is 38.7 Å². The van der Waals surface area contributed by atoms with Crippen LogP contribution < -0.4 is 4.90 Å². The van der Waals surface area contributed by atoms with E-state index in [1.54, 1.807) is 28.6 Å². The zero-order chi connectivity index (χ0) is 23.7. The van der Waals surface area contributed by atoms with Gasteiger partial charge in [-0.15, -0.1) is 0 Å². The van der Waals surface area contributed by atoms with Gasteiger partial charge in [0.2, 0.25) is 10.0 Å². The fourth-order valence-corrected chi connectivity index (χ4v) is 6.22. The zero-order valence-corrected chi connectivity index (χ0v) is 21.5. The second-order valence-corrected chi connectivity index (χ2v) is 11.4. The minimum absolute atomic E-state index is 0.0260. The number of fused-ring (bicyclic) bond motifs is 1. The molecule has 3 heterocycles. The lowest BCUT2D eigenvalue weighted by molar-refractivity contribution is 0.122. The molecule has 0 bridgehead atoms. The summed E-state index contributed by atoms with van der Waals surface area (Å²) in [4.78, 5) is 14.7. The molecule has 1 aromatic heterocycles. The Kier molecular flexibility index (Phi) is 6.85. The van der Waals surface area contributed by atoms with Crippen LogP contribution >= 0.6 is 15.9 Å². The lowest BCUT2D eigenvalue weighted by Crippen LogP contribution is -2.49. The van der Waals surface area contributed by atoms with Gasteiger partial charge in [-0.25, -0.2) is 18.4 Å². The molecule has 10 heteroatoms. The summed E-state index contributed by atoms with van der Waals surface area (Å²) < 4.78 is 34.1. The van der Waals surface area contributed by atoms with E-state index >= 15 is 0 Å². The van der Waals surface area contributed by atoms with Crippen molar-refractivity contribution in [1.29, 1.82) is 0 Å². The summed E-state index contributed by atoms with van der Waals surface area (Å²) in [6, 6.07) is 14.9. The molecule has 0 N–H and O–H groups in total. The molecule has 2 fully saturated rings. The van der Waals surface area contributed by atoms with Crippen molar-refractivity contribution in [3.63, 3.8) is 0 Å². The Balaban J connectivity index is 1.35. The Morgan fingerprint density at radius 3 is 2.29 bits per heavy atom. The van der Waals surface area contributed by atoms with E-state index in [1.807, 2.05) is 18.2 Å². The quantitative estimate of drug-likeness (QED) is 0.486. The van der Waals surface area contributed by atoms with Crippen LogP contribution in [0.3, 0.4) is 0 Å². The topological polar surface area (TPSA) is 78.9 Å². The minimum atomic E-state index is -3.51. The predicted octanol–water partition coefficient (Wildman–Crippen LogP) is 3.30. The molecule has 0 radical (unpaired) electrons. The molecule has 1 atom stereocenters. The fourth-order valence-electron chi connectivity index (χ4n) is 4.53. The van der Waals surface area contributed by atoms with Crippen LogP contribution in [0.1, 0.15) is 18.8 Å². The number of benzene rings is 2. The highest BCUT2D eigenvalue weighted by Crippen LogP contribution is 2.29. The Labute approximate surface area is 208 Å². The summed E-state index contributed by atoms with van der Waals surface area (Å²) in [6.07, 6.45) is 0. The highest BCUT2D eigenvalue weighted by atomic mass is 79.9. The molecule has 0 unspecified atom stereocenters. The summed E-state index contributed by atoms with van der Waals surface area (Å²) in [6.45, 7) is 7.23. The number of sulfonamides is 1. The maximum absolute atomic E-state index is 13.1. The maximum atomic E-state index is 13.1. The third-order valence-corrected chi connectivity index (χ3v) is 9.00. The van der Waals surface area contributed by atoms with Crippen LogP contribution in [0.5, 0.6) is 0 Å². The van der Waals surface area contributed by atoms with E-state index in [9.17, 15) is 8.42 Å². The van der Waals surface area contributed by atoms with Gasteiger partial charge in [-0.05, 0) is 43.3 Å². The standard InChI is InChI=1S/C24H28BrN5O3S/c1-18(28-10-12-30(13-11-28)34(31,32)20-8-6-19(25)7-9-20)23-26-22-5-3-2-4-21(22)24(27-23)29-14-16-33-17-15-29/h2-9,18H,10-17H2,1H3/t18-/m0/s1. The number of hydrogen-bond donors (Lipinski definition) is 0. The van der Waals surface area contributed by atoms with Crippen molar-refractivity contribution in [2.24, 2.45) is 0 Å². The monoisotopic (exact) mass is 545 g/mol. The zero-order valence-electron chi connectivity index (χ0n) is 19.1. The Morgan fingerprint density at radius 2 is 1.59 bits per heavy atom. The van der Waals surface area contributed by atoms with Gasteiger partial charge in [-0.1, -0.05) is 28.1 Å².